The third-order valence-corrected chi connectivity index (χ3v) is 4.77. The molecule has 0 unspecified atom stereocenters. The SMILES string of the molecule is Nc1ncnc2[n-]c(Sc3nc4cccc(F)c4s3)nc12.[O]=[Ti]=[O]. The van der Waals surface area contributed by atoms with Crippen molar-refractivity contribution in [1.82, 2.24) is 24.9 Å². The van der Waals surface area contributed by atoms with Gasteiger partial charge < -0.3 is 20.7 Å². The van der Waals surface area contributed by atoms with Crippen LogP contribution in [0.2, 0.25) is 0 Å². The summed E-state index contributed by atoms with van der Waals surface area (Å²) in [5.74, 6) is 0.00948. The van der Waals surface area contributed by atoms with E-state index < -0.39 is 19.1 Å². The molecule has 3 heterocycles. The summed E-state index contributed by atoms with van der Waals surface area (Å²) in [6.45, 7) is 0. The fourth-order valence-corrected chi connectivity index (χ4v) is 3.76. The van der Waals surface area contributed by atoms with E-state index in [1.807, 2.05) is 0 Å². The molecule has 2 N–H and O–H groups in total. The molecule has 0 bridgehead atoms. The van der Waals surface area contributed by atoms with Gasteiger partial charge >= 0.3 is 25.7 Å². The quantitative estimate of drug-likeness (QED) is 0.507. The first-order valence-corrected chi connectivity index (χ1v) is 9.16. The summed E-state index contributed by atoms with van der Waals surface area (Å²) in [4.78, 5) is 20.8. The number of imidazole rings is 1. The Kier molecular flexibility index (Phi) is 5.14. The molecule has 0 aliphatic carbocycles. The van der Waals surface area contributed by atoms with Gasteiger partial charge in [0, 0.05) is 17.5 Å². The predicted octanol–water partition coefficient (Wildman–Crippen LogP) is 2.22. The standard InChI is InChI=1S/C12H6FN6S2.2O.Ti/c13-5-2-1-3-6-8(5)20-12(17-6)21-11-18-7-9(14)15-4-16-10(7)19-11;;;/h1-4H,(H2-,14,15,16,18,19);;;/q-1;;;. The van der Waals surface area contributed by atoms with E-state index in [-0.39, 0.29) is 11.6 Å². The first-order chi connectivity index (χ1) is 11.6. The summed E-state index contributed by atoms with van der Waals surface area (Å²) in [6, 6.07) is 4.82. The van der Waals surface area contributed by atoms with Crippen LogP contribution in [0.25, 0.3) is 21.4 Å². The summed E-state index contributed by atoms with van der Waals surface area (Å²) in [7, 11) is 0. The van der Waals surface area contributed by atoms with Crippen molar-refractivity contribution in [1.29, 1.82) is 0 Å². The Labute approximate surface area is 150 Å². The third kappa shape index (κ3) is 3.43. The van der Waals surface area contributed by atoms with Gasteiger partial charge in [-0.15, -0.1) is 11.3 Å². The average molecular weight is 397 g/mol. The average Bonchev–Trinajstić information content (AvgIpc) is 3.13. The number of halogens is 1. The topological polar surface area (TPSA) is 126 Å². The molecule has 120 valence electrons. The monoisotopic (exact) mass is 397 g/mol. The summed E-state index contributed by atoms with van der Waals surface area (Å²) in [5.41, 5.74) is 7.25. The van der Waals surface area contributed by atoms with Crippen LogP contribution in [-0.4, -0.2) is 19.9 Å². The Morgan fingerprint density at radius 2 is 2.04 bits per heavy atom. The molecule has 0 spiro atoms. The van der Waals surface area contributed by atoms with Gasteiger partial charge in [0.25, 0.3) is 0 Å². The van der Waals surface area contributed by atoms with E-state index in [9.17, 15) is 4.39 Å². The van der Waals surface area contributed by atoms with E-state index in [0.717, 1.165) is 0 Å². The van der Waals surface area contributed by atoms with Crippen molar-refractivity contribution in [3.8, 4) is 0 Å². The number of fused-ring (bicyclic) bond motifs is 2. The second-order valence-corrected chi connectivity index (χ2v) is 6.66. The van der Waals surface area contributed by atoms with Gasteiger partial charge in [-0.25, -0.2) is 14.4 Å². The molecule has 3 aromatic heterocycles. The van der Waals surface area contributed by atoms with Gasteiger partial charge in [0.1, 0.15) is 11.6 Å². The van der Waals surface area contributed by atoms with E-state index in [2.05, 4.69) is 24.9 Å². The zero-order chi connectivity index (χ0) is 17.1. The molecule has 0 amide bonds. The maximum atomic E-state index is 13.7. The minimum absolute atomic E-state index is 0.277. The van der Waals surface area contributed by atoms with Crippen molar-refractivity contribution >= 4 is 50.3 Å². The van der Waals surface area contributed by atoms with E-state index in [4.69, 9.17) is 12.4 Å². The molecule has 0 fully saturated rings. The van der Waals surface area contributed by atoms with Crippen LogP contribution in [0.15, 0.2) is 34.0 Å². The van der Waals surface area contributed by atoms with Gasteiger partial charge in [-0.05, 0) is 12.1 Å². The molecule has 0 atom stereocenters. The van der Waals surface area contributed by atoms with Gasteiger partial charge in [0.2, 0.25) is 0 Å². The van der Waals surface area contributed by atoms with Crippen LogP contribution >= 0.6 is 23.1 Å². The normalized spacial score (nSPS) is 10.4. The van der Waals surface area contributed by atoms with Crippen LogP contribution in [0.5, 0.6) is 0 Å². The van der Waals surface area contributed by atoms with Crippen LogP contribution in [0, 0.1) is 5.82 Å². The number of anilines is 1. The van der Waals surface area contributed by atoms with Crippen molar-refractivity contribution in [2.75, 3.05) is 5.73 Å². The number of nitrogen functional groups attached to an aromatic ring is 1. The molecular formula is C12H6FN6O2S2Ti-. The second kappa shape index (κ2) is 7.30. The van der Waals surface area contributed by atoms with Crippen LogP contribution in [-0.2, 0) is 25.7 Å². The Balaban J connectivity index is 0.000000526. The molecule has 4 aromatic rings. The summed E-state index contributed by atoms with van der Waals surface area (Å²) in [5, 5.41) is 0.469. The van der Waals surface area contributed by atoms with Crippen molar-refractivity contribution in [2.45, 2.75) is 9.50 Å². The molecule has 0 saturated carbocycles. The third-order valence-electron chi connectivity index (χ3n) is 2.77. The molecular weight excluding hydrogens is 391 g/mol. The number of thiazole rings is 1. The molecule has 1 aromatic carbocycles. The van der Waals surface area contributed by atoms with Crippen molar-refractivity contribution in [3.05, 3.63) is 30.3 Å². The van der Waals surface area contributed by atoms with Crippen molar-refractivity contribution < 1.29 is 30.1 Å². The molecule has 8 nitrogen and oxygen atoms in total. The molecule has 4 rings (SSSR count). The molecule has 0 aliphatic rings. The maximum absolute atomic E-state index is 13.7. The van der Waals surface area contributed by atoms with Gasteiger partial charge in [-0.1, -0.05) is 17.8 Å². The zero-order valence-electron chi connectivity index (χ0n) is 11.6. The number of rotatable bonds is 2. The Morgan fingerprint density at radius 3 is 2.75 bits per heavy atom. The Morgan fingerprint density at radius 1 is 1.25 bits per heavy atom. The van der Waals surface area contributed by atoms with E-state index in [1.165, 1.54) is 35.5 Å². The Hall–Kier alpha value is -1.95. The first-order valence-electron chi connectivity index (χ1n) is 6.25. The number of nitrogens with two attached hydrogens (primary N) is 1. The van der Waals surface area contributed by atoms with Crippen LogP contribution in [0.1, 0.15) is 0 Å². The number of aromatic nitrogens is 5. The zero-order valence-corrected chi connectivity index (χ0v) is 14.8. The minimum atomic E-state index is -2.00. The van der Waals surface area contributed by atoms with E-state index >= 15 is 0 Å². The van der Waals surface area contributed by atoms with Crippen LogP contribution in [0.4, 0.5) is 10.2 Å². The van der Waals surface area contributed by atoms with Crippen molar-refractivity contribution in [3.63, 3.8) is 0 Å². The van der Waals surface area contributed by atoms with Crippen LogP contribution < -0.4 is 10.7 Å². The predicted molar refractivity (Wildman–Crippen MR) is 80.1 cm³/mol. The summed E-state index contributed by atoms with van der Waals surface area (Å²) in [6.07, 6.45) is 1.34. The summed E-state index contributed by atoms with van der Waals surface area (Å²) >= 11 is 0.514. The van der Waals surface area contributed by atoms with Crippen LogP contribution in [0.3, 0.4) is 0 Å². The number of hydrogen-bond acceptors (Lipinski definition) is 9. The van der Waals surface area contributed by atoms with E-state index in [1.54, 1.807) is 12.1 Å². The van der Waals surface area contributed by atoms with Crippen molar-refractivity contribution in [2.24, 2.45) is 0 Å². The number of nitrogens with zero attached hydrogens (tertiary/aromatic N) is 5. The van der Waals surface area contributed by atoms with Gasteiger partial charge in [-0.2, -0.15) is 0 Å². The molecule has 0 radical (unpaired) electrons. The molecule has 0 aliphatic heterocycles. The molecule has 24 heavy (non-hydrogen) atoms. The number of hydrogen-bond donors (Lipinski definition) is 1. The van der Waals surface area contributed by atoms with E-state index in [0.29, 0.717) is 30.9 Å². The van der Waals surface area contributed by atoms with Gasteiger partial charge in [0.05, 0.1) is 15.4 Å². The Bertz CT molecular complexity index is 984. The fraction of sp³-hybridized carbons (Fsp3) is 0. The number of benzene rings is 1. The molecule has 12 heteroatoms. The molecule has 0 saturated heterocycles. The summed E-state index contributed by atoms with van der Waals surface area (Å²) < 4.78 is 31.8. The second-order valence-electron chi connectivity index (χ2n) is 4.19. The van der Waals surface area contributed by atoms with Gasteiger partial charge in [-0.3, -0.25) is 0 Å². The van der Waals surface area contributed by atoms with Gasteiger partial charge in [0.15, 0.2) is 4.34 Å². The fourth-order valence-electron chi connectivity index (χ4n) is 1.85. The first kappa shape index (κ1) is 16.9.